The Morgan fingerprint density at radius 2 is 1.83 bits per heavy atom. The summed E-state index contributed by atoms with van der Waals surface area (Å²) in [6.07, 6.45) is 1.38. The minimum Gasteiger partial charge on any atom is -0.488 e. The fourth-order valence-electron chi connectivity index (χ4n) is 3.48. The van der Waals surface area contributed by atoms with Gasteiger partial charge in [0.1, 0.15) is 17.9 Å². The van der Waals surface area contributed by atoms with Gasteiger partial charge in [0.25, 0.3) is 17.5 Å². The summed E-state index contributed by atoms with van der Waals surface area (Å²) < 4.78 is 6.33. The molecule has 4 amide bonds. The molecule has 0 aromatic heterocycles. The average molecular weight is 571 g/mol. The van der Waals surface area contributed by atoms with Gasteiger partial charge in [0.2, 0.25) is 0 Å². The molecule has 36 heavy (non-hydrogen) atoms. The molecule has 11 heteroatoms. The fraction of sp³-hybridized carbons (Fsp3) is 0.0800. The highest BCUT2D eigenvalue weighted by molar-refractivity contribution is 9.10. The predicted octanol–water partition coefficient (Wildman–Crippen LogP) is 5.56. The van der Waals surface area contributed by atoms with Crippen LogP contribution in [0.4, 0.5) is 16.2 Å². The highest BCUT2D eigenvalue weighted by Gasteiger charge is 2.37. The molecule has 0 aliphatic carbocycles. The van der Waals surface area contributed by atoms with Gasteiger partial charge in [0, 0.05) is 17.2 Å². The molecule has 9 nitrogen and oxygen atoms in total. The Morgan fingerprint density at radius 1 is 1.11 bits per heavy atom. The van der Waals surface area contributed by atoms with Gasteiger partial charge in [-0.05, 0) is 82.0 Å². The second-order valence-corrected chi connectivity index (χ2v) is 9.01. The van der Waals surface area contributed by atoms with E-state index in [0.29, 0.717) is 26.4 Å². The highest BCUT2D eigenvalue weighted by Crippen LogP contribution is 2.31. The van der Waals surface area contributed by atoms with Crippen molar-refractivity contribution in [1.29, 1.82) is 0 Å². The van der Waals surface area contributed by atoms with E-state index in [-0.39, 0.29) is 23.6 Å². The van der Waals surface area contributed by atoms with Crippen molar-refractivity contribution in [1.82, 2.24) is 5.32 Å². The number of carbonyl (C=O) groups excluding carboxylic acids is 3. The number of hydrogen-bond acceptors (Lipinski definition) is 6. The first-order valence-corrected chi connectivity index (χ1v) is 11.6. The van der Waals surface area contributed by atoms with Crippen LogP contribution in [0.25, 0.3) is 6.08 Å². The summed E-state index contributed by atoms with van der Waals surface area (Å²) in [7, 11) is 0. The largest absolute Gasteiger partial charge is 0.488 e. The van der Waals surface area contributed by atoms with E-state index in [1.807, 2.05) is 0 Å². The molecule has 0 radical (unpaired) electrons. The molecule has 182 valence electrons. The first-order chi connectivity index (χ1) is 17.2. The minimum atomic E-state index is -0.858. The van der Waals surface area contributed by atoms with E-state index in [2.05, 4.69) is 21.2 Å². The zero-order valence-electron chi connectivity index (χ0n) is 18.7. The summed E-state index contributed by atoms with van der Waals surface area (Å²) in [5.74, 6) is -1.10. The van der Waals surface area contributed by atoms with Crippen LogP contribution in [-0.4, -0.2) is 22.8 Å². The maximum absolute atomic E-state index is 13.1. The molecule has 1 aliphatic rings. The van der Waals surface area contributed by atoms with Gasteiger partial charge in [-0.3, -0.25) is 25.0 Å². The molecule has 3 aromatic rings. The Hall–Kier alpha value is -4.02. The smallest absolute Gasteiger partial charge is 0.335 e. The molecule has 3 aromatic carbocycles. The molecule has 0 spiro atoms. The standard InChI is InChI=1S/C25H17BrClN3O6/c1-14-20(27)3-2-4-21(14)29-24(32)18(23(31)28-25(29)33)11-16-7-10-22(19(26)12-16)36-13-15-5-8-17(9-6-15)30(34)35/h2-12H,13H2,1H3,(H,28,31,33)/b18-11+. The van der Waals surface area contributed by atoms with Crippen molar-refractivity contribution >= 4 is 62.8 Å². The van der Waals surface area contributed by atoms with E-state index in [4.69, 9.17) is 16.3 Å². The summed E-state index contributed by atoms with van der Waals surface area (Å²) in [6, 6.07) is 14.9. The summed E-state index contributed by atoms with van der Waals surface area (Å²) in [5, 5.41) is 13.3. The number of ether oxygens (including phenoxy) is 1. The molecular weight excluding hydrogens is 554 g/mol. The van der Waals surface area contributed by atoms with Gasteiger partial charge >= 0.3 is 6.03 Å². The zero-order valence-corrected chi connectivity index (χ0v) is 21.0. The van der Waals surface area contributed by atoms with Crippen LogP contribution in [0.5, 0.6) is 5.75 Å². The number of halogens is 2. The molecule has 1 N–H and O–H groups in total. The fourth-order valence-corrected chi connectivity index (χ4v) is 4.16. The van der Waals surface area contributed by atoms with E-state index in [1.54, 1.807) is 55.5 Å². The van der Waals surface area contributed by atoms with Crippen molar-refractivity contribution < 1.29 is 24.0 Å². The van der Waals surface area contributed by atoms with Crippen molar-refractivity contribution in [2.24, 2.45) is 0 Å². The molecule has 1 aliphatic heterocycles. The number of nitro benzene ring substituents is 1. The van der Waals surface area contributed by atoms with Crippen molar-refractivity contribution in [3.8, 4) is 5.75 Å². The Morgan fingerprint density at radius 3 is 2.50 bits per heavy atom. The molecular formula is C25H17BrClN3O6. The maximum Gasteiger partial charge on any atom is 0.335 e. The summed E-state index contributed by atoms with van der Waals surface area (Å²) >= 11 is 9.56. The lowest BCUT2D eigenvalue weighted by molar-refractivity contribution is -0.384. The number of imide groups is 2. The number of urea groups is 1. The molecule has 1 heterocycles. The number of nitro groups is 1. The van der Waals surface area contributed by atoms with Crippen LogP contribution in [-0.2, 0) is 16.2 Å². The number of barbiturate groups is 1. The Bertz CT molecular complexity index is 1440. The lowest BCUT2D eigenvalue weighted by atomic mass is 10.1. The number of rotatable bonds is 6. The molecule has 0 bridgehead atoms. The second-order valence-electron chi connectivity index (χ2n) is 7.74. The van der Waals surface area contributed by atoms with Crippen LogP contribution in [0.15, 0.2) is 70.7 Å². The van der Waals surface area contributed by atoms with Gasteiger partial charge < -0.3 is 4.74 Å². The first-order valence-electron chi connectivity index (χ1n) is 10.5. The number of hydrogen-bond donors (Lipinski definition) is 1. The zero-order chi connectivity index (χ0) is 26.0. The van der Waals surface area contributed by atoms with Gasteiger partial charge in [-0.25, -0.2) is 9.69 Å². The third-order valence-corrected chi connectivity index (χ3v) is 6.42. The lowest BCUT2D eigenvalue weighted by Crippen LogP contribution is -2.54. The normalized spacial score (nSPS) is 14.7. The number of benzene rings is 3. The molecule has 1 fully saturated rings. The highest BCUT2D eigenvalue weighted by atomic mass is 79.9. The topological polar surface area (TPSA) is 119 Å². The first kappa shape index (κ1) is 25.1. The minimum absolute atomic E-state index is 0.00981. The Balaban J connectivity index is 1.55. The summed E-state index contributed by atoms with van der Waals surface area (Å²) in [6.45, 7) is 1.85. The second kappa shape index (κ2) is 10.3. The average Bonchev–Trinajstić information content (AvgIpc) is 2.84. The quantitative estimate of drug-likeness (QED) is 0.179. The van der Waals surface area contributed by atoms with Crippen LogP contribution in [0.3, 0.4) is 0 Å². The van der Waals surface area contributed by atoms with Crippen LogP contribution < -0.4 is 15.0 Å². The SMILES string of the molecule is Cc1c(Cl)cccc1N1C(=O)NC(=O)/C(=C\c2ccc(OCc3ccc([N+](=O)[O-])cc3)c(Br)c2)C1=O. The molecule has 1 saturated heterocycles. The van der Waals surface area contributed by atoms with E-state index < -0.39 is 22.8 Å². The van der Waals surface area contributed by atoms with Gasteiger partial charge in [-0.1, -0.05) is 23.7 Å². The third kappa shape index (κ3) is 5.14. The Kier molecular flexibility index (Phi) is 7.18. The molecule has 0 atom stereocenters. The number of non-ortho nitro benzene ring substituents is 1. The number of nitrogens with one attached hydrogen (secondary N) is 1. The van der Waals surface area contributed by atoms with Gasteiger partial charge in [0.15, 0.2) is 0 Å². The third-order valence-electron chi connectivity index (χ3n) is 5.39. The van der Waals surface area contributed by atoms with Crippen molar-refractivity contribution in [3.63, 3.8) is 0 Å². The number of anilines is 1. The Labute approximate surface area is 218 Å². The summed E-state index contributed by atoms with van der Waals surface area (Å²) in [5.41, 5.74) is 1.82. The molecule has 0 saturated carbocycles. The number of amides is 4. The number of nitrogens with zero attached hydrogens (tertiary/aromatic N) is 2. The van der Waals surface area contributed by atoms with Gasteiger partial charge in [-0.2, -0.15) is 0 Å². The molecule has 0 unspecified atom stereocenters. The van der Waals surface area contributed by atoms with E-state index in [0.717, 1.165) is 10.5 Å². The van der Waals surface area contributed by atoms with E-state index >= 15 is 0 Å². The van der Waals surface area contributed by atoms with Crippen LogP contribution in [0.1, 0.15) is 16.7 Å². The van der Waals surface area contributed by atoms with Gasteiger partial charge in [0.05, 0.1) is 15.1 Å². The maximum atomic E-state index is 13.1. The van der Waals surface area contributed by atoms with Gasteiger partial charge in [-0.15, -0.1) is 0 Å². The summed E-state index contributed by atoms with van der Waals surface area (Å²) in [4.78, 5) is 49.3. The van der Waals surface area contributed by atoms with Crippen LogP contribution >= 0.6 is 27.5 Å². The van der Waals surface area contributed by atoms with E-state index in [1.165, 1.54) is 18.2 Å². The van der Waals surface area contributed by atoms with E-state index in [9.17, 15) is 24.5 Å². The lowest BCUT2D eigenvalue weighted by Gasteiger charge is -2.27. The van der Waals surface area contributed by atoms with Crippen molar-refractivity contribution in [2.75, 3.05) is 4.90 Å². The van der Waals surface area contributed by atoms with Crippen molar-refractivity contribution in [3.05, 3.63) is 103 Å². The predicted molar refractivity (Wildman–Crippen MR) is 137 cm³/mol. The monoisotopic (exact) mass is 569 g/mol. The van der Waals surface area contributed by atoms with Crippen LogP contribution in [0.2, 0.25) is 5.02 Å². The number of carbonyl (C=O) groups is 3. The molecule has 4 rings (SSSR count). The van der Waals surface area contributed by atoms with Crippen LogP contribution in [0, 0.1) is 17.0 Å². The van der Waals surface area contributed by atoms with Crippen molar-refractivity contribution in [2.45, 2.75) is 13.5 Å².